The van der Waals surface area contributed by atoms with Crippen molar-refractivity contribution in [1.29, 1.82) is 0 Å². The molecule has 1 aliphatic rings. The molecule has 0 aliphatic carbocycles. The lowest BCUT2D eigenvalue weighted by Gasteiger charge is -2.27. The van der Waals surface area contributed by atoms with Gasteiger partial charge < -0.3 is 4.90 Å². The molecule has 0 N–H and O–H groups in total. The molecule has 0 saturated heterocycles. The molecular weight excluding hydrogens is 350 g/mol. The molecular formula is C18H15N5S2. The number of thioether (sulfide) groups is 1. The van der Waals surface area contributed by atoms with Crippen LogP contribution in [0, 0.1) is 6.92 Å². The van der Waals surface area contributed by atoms with E-state index in [4.69, 9.17) is 4.98 Å². The number of aromatic nitrogens is 4. The number of para-hydroxylation sites is 1. The first-order chi connectivity index (χ1) is 12.3. The van der Waals surface area contributed by atoms with Gasteiger partial charge in [0.2, 0.25) is 0 Å². The molecule has 0 radical (unpaired) electrons. The maximum atomic E-state index is 4.79. The van der Waals surface area contributed by atoms with Gasteiger partial charge in [0, 0.05) is 5.56 Å². The highest BCUT2D eigenvalue weighted by atomic mass is 32.2. The average Bonchev–Trinajstić information content (AvgIpc) is 3.25. The van der Waals surface area contributed by atoms with Gasteiger partial charge in [-0.2, -0.15) is 0 Å². The lowest BCUT2D eigenvalue weighted by molar-refractivity contribution is 0.607. The maximum Gasteiger partial charge on any atom is 0.194 e. The van der Waals surface area contributed by atoms with Crippen molar-refractivity contribution in [3.8, 4) is 11.4 Å². The van der Waals surface area contributed by atoms with E-state index in [2.05, 4.69) is 63.0 Å². The van der Waals surface area contributed by atoms with Gasteiger partial charge in [0.05, 0.1) is 16.1 Å². The van der Waals surface area contributed by atoms with Crippen LogP contribution in [0.2, 0.25) is 0 Å². The molecule has 0 atom stereocenters. The number of benzene rings is 2. The summed E-state index contributed by atoms with van der Waals surface area (Å²) in [4.78, 5) is 7.08. The van der Waals surface area contributed by atoms with Crippen LogP contribution < -0.4 is 4.90 Å². The molecule has 5 rings (SSSR count). The van der Waals surface area contributed by atoms with Gasteiger partial charge >= 0.3 is 0 Å². The predicted octanol–water partition coefficient (Wildman–Crippen LogP) is 4.39. The summed E-state index contributed by atoms with van der Waals surface area (Å²) in [6, 6.07) is 16.6. The van der Waals surface area contributed by atoms with Gasteiger partial charge in [0.1, 0.15) is 6.67 Å². The molecule has 1 aliphatic heterocycles. The van der Waals surface area contributed by atoms with Crippen LogP contribution in [0.15, 0.2) is 53.7 Å². The van der Waals surface area contributed by atoms with Crippen molar-refractivity contribution in [2.24, 2.45) is 0 Å². The highest BCUT2D eigenvalue weighted by Crippen LogP contribution is 2.35. The molecule has 5 nitrogen and oxygen atoms in total. The van der Waals surface area contributed by atoms with Crippen LogP contribution in [-0.2, 0) is 6.67 Å². The third kappa shape index (κ3) is 2.51. The van der Waals surface area contributed by atoms with E-state index < -0.39 is 0 Å². The number of aryl methyl sites for hydroxylation is 1. The number of hydrogen-bond acceptors (Lipinski definition) is 6. The fraction of sp³-hybridized carbons (Fsp3) is 0.167. The number of nitrogens with zero attached hydrogens (tertiary/aromatic N) is 5. The lowest BCUT2D eigenvalue weighted by Crippen LogP contribution is -2.30. The fourth-order valence-electron chi connectivity index (χ4n) is 3.00. The van der Waals surface area contributed by atoms with E-state index in [1.807, 2.05) is 12.1 Å². The zero-order valence-electron chi connectivity index (χ0n) is 13.6. The second kappa shape index (κ2) is 5.86. The van der Waals surface area contributed by atoms with Crippen molar-refractivity contribution in [2.75, 3.05) is 10.8 Å². The molecule has 0 amide bonds. The fourth-order valence-corrected chi connectivity index (χ4v) is 4.92. The van der Waals surface area contributed by atoms with Crippen LogP contribution in [-0.4, -0.2) is 25.6 Å². The number of hydrogen-bond donors (Lipinski definition) is 0. The topological polar surface area (TPSA) is 46.8 Å². The molecule has 25 heavy (non-hydrogen) atoms. The van der Waals surface area contributed by atoms with Crippen LogP contribution in [0.25, 0.3) is 21.6 Å². The molecule has 0 fully saturated rings. The summed E-state index contributed by atoms with van der Waals surface area (Å²) in [5.41, 5.74) is 3.40. The number of rotatable bonds is 2. The third-order valence-corrected chi connectivity index (χ3v) is 6.42. The van der Waals surface area contributed by atoms with Gasteiger partial charge in [-0.15, -0.1) is 10.2 Å². The Hall–Kier alpha value is -2.38. The van der Waals surface area contributed by atoms with Crippen LogP contribution in [0.3, 0.4) is 0 Å². The molecule has 0 spiro atoms. The van der Waals surface area contributed by atoms with E-state index in [9.17, 15) is 0 Å². The quantitative estimate of drug-likeness (QED) is 0.527. The zero-order valence-corrected chi connectivity index (χ0v) is 15.2. The Labute approximate surface area is 153 Å². The highest BCUT2D eigenvalue weighted by Gasteiger charge is 2.24. The van der Waals surface area contributed by atoms with Gasteiger partial charge in [-0.05, 0) is 24.6 Å². The monoisotopic (exact) mass is 365 g/mol. The third-order valence-electron chi connectivity index (χ3n) is 4.32. The van der Waals surface area contributed by atoms with E-state index in [-0.39, 0.29) is 0 Å². The summed E-state index contributed by atoms with van der Waals surface area (Å²) < 4.78 is 3.40. The summed E-state index contributed by atoms with van der Waals surface area (Å²) in [6.45, 7) is 2.83. The van der Waals surface area contributed by atoms with Crippen LogP contribution in [0.4, 0.5) is 5.13 Å². The first-order valence-electron chi connectivity index (χ1n) is 8.02. The Morgan fingerprint density at radius 3 is 2.72 bits per heavy atom. The summed E-state index contributed by atoms with van der Waals surface area (Å²) in [6.07, 6.45) is 0. The molecule has 2 aromatic heterocycles. The Morgan fingerprint density at radius 1 is 1.00 bits per heavy atom. The molecule has 2 aromatic carbocycles. The summed E-state index contributed by atoms with van der Waals surface area (Å²) in [5.74, 6) is 1.76. The minimum Gasteiger partial charge on any atom is -0.320 e. The average molecular weight is 365 g/mol. The first kappa shape index (κ1) is 14.9. The molecule has 4 aromatic rings. The van der Waals surface area contributed by atoms with Gasteiger partial charge in [0.25, 0.3) is 0 Å². The minimum absolute atomic E-state index is 0.721. The standard InChI is InChI=1S/C18H15N5S2/c1-12-6-2-3-7-13(12)16-20-21-18-23(16)10-22(11-24-18)17-19-14-8-4-5-9-15(14)25-17/h2-9H,10-11H2,1H3. The first-order valence-corrected chi connectivity index (χ1v) is 9.82. The number of fused-ring (bicyclic) bond motifs is 2. The van der Waals surface area contributed by atoms with Crippen molar-refractivity contribution in [1.82, 2.24) is 19.7 Å². The van der Waals surface area contributed by atoms with Crippen molar-refractivity contribution in [3.05, 3.63) is 54.1 Å². The zero-order chi connectivity index (χ0) is 16.8. The molecule has 0 saturated carbocycles. The Balaban J connectivity index is 1.54. The highest BCUT2D eigenvalue weighted by molar-refractivity contribution is 7.99. The minimum atomic E-state index is 0.721. The van der Waals surface area contributed by atoms with Crippen molar-refractivity contribution >= 4 is 38.4 Å². The number of anilines is 1. The van der Waals surface area contributed by atoms with Crippen LogP contribution in [0.5, 0.6) is 0 Å². The Morgan fingerprint density at radius 2 is 1.84 bits per heavy atom. The van der Waals surface area contributed by atoms with E-state index in [0.717, 1.165) is 39.7 Å². The van der Waals surface area contributed by atoms with Crippen molar-refractivity contribution in [2.45, 2.75) is 18.7 Å². The van der Waals surface area contributed by atoms with Gasteiger partial charge in [-0.3, -0.25) is 4.57 Å². The van der Waals surface area contributed by atoms with Crippen molar-refractivity contribution < 1.29 is 0 Å². The van der Waals surface area contributed by atoms with E-state index in [1.165, 1.54) is 10.3 Å². The molecule has 3 heterocycles. The molecule has 124 valence electrons. The summed E-state index contributed by atoms with van der Waals surface area (Å²) in [7, 11) is 0. The predicted molar refractivity (Wildman–Crippen MR) is 103 cm³/mol. The second-order valence-corrected chi connectivity index (χ2v) is 7.89. The van der Waals surface area contributed by atoms with Crippen molar-refractivity contribution in [3.63, 3.8) is 0 Å². The van der Waals surface area contributed by atoms with E-state index in [0.29, 0.717) is 0 Å². The van der Waals surface area contributed by atoms with Gasteiger partial charge in [-0.25, -0.2) is 4.98 Å². The van der Waals surface area contributed by atoms with E-state index >= 15 is 0 Å². The Bertz CT molecular complexity index is 1040. The van der Waals surface area contributed by atoms with E-state index in [1.54, 1.807) is 23.1 Å². The second-order valence-electron chi connectivity index (χ2n) is 5.97. The van der Waals surface area contributed by atoms with Gasteiger partial charge in [-0.1, -0.05) is 59.5 Å². The van der Waals surface area contributed by atoms with Crippen LogP contribution >= 0.6 is 23.1 Å². The largest absolute Gasteiger partial charge is 0.320 e. The van der Waals surface area contributed by atoms with Gasteiger partial charge in [0.15, 0.2) is 16.1 Å². The number of thiazole rings is 1. The molecule has 7 heteroatoms. The summed E-state index contributed by atoms with van der Waals surface area (Å²) in [5, 5.41) is 10.8. The lowest BCUT2D eigenvalue weighted by atomic mass is 10.1. The Kier molecular flexibility index (Phi) is 3.50. The smallest absolute Gasteiger partial charge is 0.194 e. The molecule has 0 bridgehead atoms. The van der Waals surface area contributed by atoms with Crippen LogP contribution in [0.1, 0.15) is 5.56 Å². The molecule has 0 unspecified atom stereocenters. The maximum absolute atomic E-state index is 4.79. The summed E-state index contributed by atoms with van der Waals surface area (Å²) >= 11 is 3.44. The normalized spacial score (nSPS) is 14.0. The SMILES string of the molecule is Cc1ccccc1-c1nnc2n1CN(c1nc3ccccc3s1)CS2.